The minimum Gasteiger partial charge on any atom is -0.303 e. The third-order valence-corrected chi connectivity index (χ3v) is 6.02. The third-order valence-electron chi connectivity index (χ3n) is 4.71. The molecule has 0 saturated carbocycles. The normalized spacial score (nSPS) is 20.3. The maximum Gasteiger partial charge on any atom is 0.425 e. The Bertz CT molecular complexity index is 991. The van der Waals surface area contributed by atoms with Crippen molar-refractivity contribution >= 4 is 40.9 Å². The standard InChI is InChI=1S/C18H16ClF3N6OS/c19-15-23-7-12(8-24-15)11-3-5-27(6-4-11)16-25-10-28(17(29)26-16)9-13-1-2-14(30-13)18(20,21)22/h1-3,7-8,10,16H,4-6,9H2,(H,26,29). The third kappa shape index (κ3) is 4.63. The number of urea groups is 1. The smallest absolute Gasteiger partial charge is 0.303 e. The van der Waals surface area contributed by atoms with E-state index >= 15 is 0 Å². The number of amides is 2. The number of rotatable bonds is 4. The summed E-state index contributed by atoms with van der Waals surface area (Å²) in [6.07, 6.45) is 2.56. The zero-order chi connectivity index (χ0) is 21.3. The van der Waals surface area contributed by atoms with E-state index in [1.807, 2.05) is 11.0 Å². The van der Waals surface area contributed by atoms with E-state index in [2.05, 4.69) is 20.3 Å². The van der Waals surface area contributed by atoms with Crippen molar-refractivity contribution in [2.75, 3.05) is 13.1 Å². The van der Waals surface area contributed by atoms with Gasteiger partial charge in [0.05, 0.1) is 12.9 Å². The molecule has 0 fully saturated rings. The van der Waals surface area contributed by atoms with Crippen LogP contribution < -0.4 is 5.32 Å². The first-order valence-electron chi connectivity index (χ1n) is 8.97. The number of nitrogens with zero attached hydrogens (tertiary/aromatic N) is 5. The number of hydrogen-bond acceptors (Lipinski definition) is 6. The van der Waals surface area contributed by atoms with Gasteiger partial charge in [0.15, 0.2) is 6.29 Å². The summed E-state index contributed by atoms with van der Waals surface area (Å²) < 4.78 is 38.2. The topological polar surface area (TPSA) is 73.7 Å². The Morgan fingerprint density at radius 2 is 2.03 bits per heavy atom. The highest BCUT2D eigenvalue weighted by Gasteiger charge is 2.33. The van der Waals surface area contributed by atoms with Crippen LogP contribution in [-0.2, 0) is 12.7 Å². The van der Waals surface area contributed by atoms with Crippen molar-refractivity contribution in [2.24, 2.45) is 4.99 Å². The Hall–Kier alpha value is -2.50. The fraction of sp³-hybridized carbons (Fsp3) is 0.333. The van der Waals surface area contributed by atoms with Crippen LogP contribution in [-0.4, -0.2) is 51.5 Å². The molecule has 7 nitrogen and oxygen atoms in total. The van der Waals surface area contributed by atoms with E-state index in [4.69, 9.17) is 11.6 Å². The lowest BCUT2D eigenvalue weighted by Crippen LogP contribution is -2.55. The molecule has 12 heteroatoms. The van der Waals surface area contributed by atoms with Crippen LogP contribution >= 0.6 is 22.9 Å². The van der Waals surface area contributed by atoms with Gasteiger partial charge in [-0.1, -0.05) is 6.08 Å². The minimum absolute atomic E-state index is 0.0312. The Balaban J connectivity index is 1.37. The molecule has 2 aliphatic rings. The van der Waals surface area contributed by atoms with Crippen LogP contribution in [0.4, 0.5) is 18.0 Å². The molecule has 1 N–H and O–H groups in total. The maximum absolute atomic E-state index is 12.7. The number of hydrogen-bond donors (Lipinski definition) is 1. The van der Waals surface area contributed by atoms with E-state index in [0.29, 0.717) is 29.3 Å². The second-order valence-electron chi connectivity index (χ2n) is 6.69. The van der Waals surface area contributed by atoms with Crippen LogP contribution in [0.25, 0.3) is 5.57 Å². The number of aliphatic imine (C=N–C) groups is 1. The fourth-order valence-corrected chi connectivity index (χ4v) is 4.13. The van der Waals surface area contributed by atoms with E-state index < -0.39 is 23.4 Å². The van der Waals surface area contributed by atoms with Crippen LogP contribution in [0, 0.1) is 0 Å². The number of nitrogens with one attached hydrogen (secondary N) is 1. The van der Waals surface area contributed by atoms with Gasteiger partial charge in [-0.15, -0.1) is 11.3 Å². The lowest BCUT2D eigenvalue weighted by atomic mass is 10.0. The van der Waals surface area contributed by atoms with Gasteiger partial charge < -0.3 is 5.32 Å². The van der Waals surface area contributed by atoms with Crippen molar-refractivity contribution in [3.63, 3.8) is 0 Å². The molecule has 0 saturated heterocycles. The number of carbonyl (C=O) groups is 1. The van der Waals surface area contributed by atoms with Crippen molar-refractivity contribution in [2.45, 2.75) is 25.4 Å². The molecule has 0 aliphatic carbocycles. The molecule has 0 bridgehead atoms. The van der Waals surface area contributed by atoms with E-state index in [9.17, 15) is 18.0 Å². The van der Waals surface area contributed by atoms with E-state index in [1.165, 1.54) is 17.3 Å². The minimum atomic E-state index is -4.38. The van der Waals surface area contributed by atoms with E-state index in [-0.39, 0.29) is 11.8 Å². The molecule has 0 spiro atoms. The van der Waals surface area contributed by atoms with Gasteiger partial charge in [-0.3, -0.25) is 9.80 Å². The van der Waals surface area contributed by atoms with Crippen molar-refractivity contribution in [3.05, 3.63) is 51.2 Å². The number of alkyl halides is 3. The molecular formula is C18H16ClF3N6OS. The first-order valence-corrected chi connectivity index (χ1v) is 10.2. The highest BCUT2D eigenvalue weighted by molar-refractivity contribution is 7.12. The number of thiophene rings is 1. The van der Waals surface area contributed by atoms with Gasteiger partial charge in [-0.05, 0) is 35.7 Å². The molecule has 2 aromatic heterocycles. The number of carbonyl (C=O) groups excluding carboxylic acids is 1. The largest absolute Gasteiger partial charge is 0.425 e. The number of aromatic nitrogens is 2. The van der Waals surface area contributed by atoms with Gasteiger partial charge in [0.25, 0.3) is 0 Å². The molecule has 4 rings (SSSR count). The van der Waals surface area contributed by atoms with Gasteiger partial charge in [0, 0.05) is 35.9 Å². The summed E-state index contributed by atoms with van der Waals surface area (Å²) >= 11 is 6.33. The average Bonchev–Trinajstić information content (AvgIpc) is 3.20. The van der Waals surface area contributed by atoms with Crippen LogP contribution in [0.15, 0.2) is 35.6 Å². The molecule has 0 aromatic carbocycles. The van der Waals surface area contributed by atoms with Crippen LogP contribution in [0.2, 0.25) is 5.28 Å². The fourth-order valence-electron chi connectivity index (χ4n) is 3.16. The molecule has 158 valence electrons. The van der Waals surface area contributed by atoms with Gasteiger partial charge in [-0.25, -0.2) is 19.8 Å². The first-order chi connectivity index (χ1) is 14.3. The molecule has 1 unspecified atom stereocenters. The molecule has 2 amide bonds. The van der Waals surface area contributed by atoms with Crippen molar-refractivity contribution in [3.8, 4) is 0 Å². The maximum atomic E-state index is 12.7. The highest BCUT2D eigenvalue weighted by atomic mass is 35.5. The zero-order valence-corrected chi connectivity index (χ0v) is 17.0. The monoisotopic (exact) mass is 456 g/mol. The van der Waals surface area contributed by atoms with Crippen LogP contribution in [0.3, 0.4) is 0 Å². The van der Waals surface area contributed by atoms with Gasteiger partial charge >= 0.3 is 12.2 Å². The van der Waals surface area contributed by atoms with Gasteiger partial charge in [-0.2, -0.15) is 13.2 Å². The van der Waals surface area contributed by atoms with Crippen molar-refractivity contribution in [1.29, 1.82) is 0 Å². The second-order valence-corrected chi connectivity index (χ2v) is 8.20. The van der Waals surface area contributed by atoms with E-state index in [1.54, 1.807) is 12.4 Å². The lowest BCUT2D eigenvalue weighted by molar-refractivity contribution is -0.134. The molecule has 2 aromatic rings. The molecule has 1 atom stereocenters. The predicted molar refractivity (Wildman–Crippen MR) is 107 cm³/mol. The molecule has 30 heavy (non-hydrogen) atoms. The zero-order valence-electron chi connectivity index (χ0n) is 15.4. The van der Waals surface area contributed by atoms with Crippen molar-refractivity contribution in [1.82, 2.24) is 25.1 Å². The average molecular weight is 457 g/mol. The summed E-state index contributed by atoms with van der Waals surface area (Å²) in [5.74, 6) is 0. The summed E-state index contributed by atoms with van der Waals surface area (Å²) in [6, 6.07) is 1.99. The van der Waals surface area contributed by atoms with Crippen molar-refractivity contribution < 1.29 is 18.0 Å². The van der Waals surface area contributed by atoms with E-state index in [0.717, 1.165) is 23.6 Å². The Labute approximate surface area is 178 Å². The Morgan fingerprint density at radius 1 is 1.27 bits per heavy atom. The van der Waals surface area contributed by atoms with Gasteiger partial charge in [0.1, 0.15) is 4.88 Å². The molecule has 0 radical (unpaired) electrons. The molecular weight excluding hydrogens is 441 g/mol. The summed E-state index contributed by atoms with van der Waals surface area (Å²) in [7, 11) is 0. The summed E-state index contributed by atoms with van der Waals surface area (Å²) in [4.78, 5) is 27.7. The Kier molecular flexibility index (Phi) is 5.76. The number of halogens is 4. The highest BCUT2D eigenvalue weighted by Crippen LogP contribution is 2.35. The first kappa shape index (κ1) is 20.8. The SMILES string of the molecule is O=C1NC(N2CC=C(c3cnc(Cl)nc3)CC2)N=CN1Cc1ccc(C(F)(F)F)s1. The Morgan fingerprint density at radius 3 is 2.63 bits per heavy atom. The molecule has 2 aliphatic heterocycles. The second kappa shape index (κ2) is 8.32. The van der Waals surface area contributed by atoms with Gasteiger partial charge in [0.2, 0.25) is 5.28 Å². The predicted octanol–water partition coefficient (Wildman–Crippen LogP) is 3.84. The quantitative estimate of drug-likeness (QED) is 0.709. The van der Waals surface area contributed by atoms with Crippen LogP contribution in [0.1, 0.15) is 21.7 Å². The summed E-state index contributed by atoms with van der Waals surface area (Å²) in [5, 5.41) is 2.97. The molecule has 4 heterocycles. The summed E-state index contributed by atoms with van der Waals surface area (Å²) in [6.45, 7) is 1.26. The van der Waals surface area contributed by atoms with Crippen LogP contribution in [0.5, 0.6) is 0 Å². The lowest BCUT2D eigenvalue weighted by Gasteiger charge is -2.35. The summed E-state index contributed by atoms with van der Waals surface area (Å²) in [5.41, 5.74) is 1.99.